The van der Waals surface area contributed by atoms with Crippen molar-refractivity contribution in [3.05, 3.63) is 170 Å². The van der Waals surface area contributed by atoms with Crippen molar-refractivity contribution in [2.24, 2.45) is 0 Å². The fourth-order valence-electron chi connectivity index (χ4n) is 6.39. The molecule has 4 heterocycles. The molecule has 9 aromatic rings. The summed E-state index contributed by atoms with van der Waals surface area (Å²) in [7, 11) is 0. The number of imidazole rings is 2. The van der Waals surface area contributed by atoms with Crippen molar-refractivity contribution in [2.45, 2.75) is 0 Å². The Hall–Kier alpha value is -6.66. The third-order valence-corrected chi connectivity index (χ3v) is 8.65. The van der Waals surface area contributed by atoms with Gasteiger partial charge in [-0.2, -0.15) is 0 Å². The molecule has 0 atom stereocenters. The second kappa shape index (κ2) is 11.6. The van der Waals surface area contributed by atoms with Crippen molar-refractivity contribution in [1.82, 2.24) is 29.1 Å². The molecule has 0 unspecified atom stereocenters. The molecule has 6 heteroatoms. The highest BCUT2D eigenvalue weighted by Gasteiger charge is 2.17. The molecule has 0 fully saturated rings. The number of hydrogen-bond donors (Lipinski definition) is 0. The van der Waals surface area contributed by atoms with Crippen LogP contribution < -0.4 is 0 Å². The second-order valence-electron chi connectivity index (χ2n) is 11.6. The normalized spacial score (nSPS) is 11.3. The van der Waals surface area contributed by atoms with Gasteiger partial charge in [0.15, 0.2) is 11.3 Å². The van der Waals surface area contributed by atoms with Gasteiger partial charge in [-0.05, 0) is 82.9 Å². The number of hydrogen-bond acceptors (Lipinski definition) is 4. The van der Waals surface area contributed by atoms with Gasteiger partial charge in [-0.15, -0.1) is 0 Å². The van der Waals surface area contributed by atoms with Gasteiger partial charge in [0, 0.05) is 34.9 Å². The zero-order chi connectivity index (χ0) is 31.9. The van der Waals surface area contributed by atoms with Crippen LogP contribution in [0.2, 0.25) is 0 Å². The van der Waals surface area contributed by atoms with Crippen LogP contribution in [0.4, 0.5) is 0 Å². The van der Waals surface area contributed by atoms with Crippen LogP contribution in [0.5, 0.6) is 0 Å². The number of aromatic nitrogens is 6. The van der Waals surface area contributed by atoms with Crippen molar-refractivity contribution in [3.63, 3.8) is 0 Å². The van der Waals surface area contributed by atoms with E-state index in [-0.39, 0.29) is 0 Å². The summed E-state index contributed by atoms with van der Waals surface area (Å²) in [4.78, 5) is 19.4. The van der Waals surface area contributed by atoms with Crippen molar-refractivity contribution in [2.75, 3.05) is 0 Å². The molecule has 0 spiro atoms. The Morgan fingerprint density at radius 1 is 0.333 bits per heavy atom. The predicted octanol–water partition coefficient (Wildman–Crippen LogP) is 9.82. The van der Waals surface area contributed by atoms with E-state index in [1.165, 1.54) is 0 Å². The molecule has 48 heavy (non-hydrogen) atoms. The monoisotopic (exact) mass is 616 g/mol. The van der Waals surface area contributed by atoms with Gasteiger partial charge in [0.2, 0.25) is 0 Å². The smallest absolute Gasteiger partial charge is 0.164 e. The zero-order valence-corrected chi connectivity index (χ0v) is 25.8. The molecular formula is C42H28N6. The minimum Gasteiger partial charge on any atom is -0.277 e. The summed E-state index contributed by atoms with van der Waals surface area (Å²) in [5.41, 5.74) is 12.0. The minimum absolute atomic E-state index is 0.839. The molecular weight excluding hydrogens is 589 g/mol. The van der Waals surface area contributed by atoms with Crippen LogP contribution in [-0.4, -0.2) is 29.1 Å². The molecule has 0 aliphatic rings. The van der Waals surface area contributed by atoms with E-state index < -0.39 is 0 Å². The van der Waals surface area contributed by atoms with E-state index in [2.05, 4.69) is 116 Å². The van der Waals surface area contributed by atoms with Crippen LogP contribution in [-0.2, 0) is 0 Å². The molecule has 5 aromatic carbocycles. The summed E-state index contributed by atoms with van der Waals surface area (Å²) in [6, 6.07) is 54.3. The van der Waals surface area contributed by atoms with Crippen LogP contribution in [0.3, 0.4) is 0 Å². The summed E-state index contributed by atoms with van der Waals surface area (Å²) >= 11 is 0. The maximum absolute atomic E-state index is 5.01. The van der Waals surface area contributed by atoms with Gasteiger partial charge in [-0.1, -0.05) is 97.1 Å². The van der Waals surface area contributed by atoms with Crippen molar-refractivity contribution in [1.29, 1.82) is 0 Å². The molecule has 0 saturated heterocycles. The van der Waals surface area contributed by atoms with Gasteiger partial charge in [-0.25, -0.2) is 19.9 Å². The Morgan fingerprint density at radius 2 is 0.750 bits per heavy atom. The number of fused-ring (bicyclic) bond motifs is 2. The standard InChI is InChI=1S/C42H28N6/c1-3-15-35(16-4-1)47-39(45-37-19-9-25-43-41(37)47)33-13-7-11-31(27-33)29-21-23-30(24-22-29)32-12-8-14-34(28-32)40-46-38-20-10-26-44-42(38)48(40)36-17-5-2-6-18-36/h1-28H. The number of rotatable bonds is 6. The van der Waals surface area contributed by atoms with Crippen LogP contribution in [0.25, 0.3) is 78.7 Å². The highest BCUT2D eigenvalue weighted by Crippen LogP contribution is 2.33. The first-order valence-electron chi connectivity index (χ1n) is 15.9. The maximum Gasteiger partial charge on any atom is 0.164 e. The van der Waals surface area contributed by atoms with Gasteiger partial charge >= 0.3 is 0 Å². The van der Waals surface area contributed by atoms with Gasteiger partial charge in [0.25, 0.3) is 0 Å². The van der Waals surface area contributed by atoms with Crippen molar-refractivity contribution in [3.8, 4) is 56.4 Å². The topological polar surface area (TPSA) is 61.4 Å². The predicted molar refractivity (Wildman–Crippen MR) is 193 cm³/mol. The number of nitrogens with zero attached hydrogens (tertiary/aromatic N) is 6. The molecule has 0 N–H and O–H groups in total. The second-order valence-corrected chi connectivity index (χ2v) is 11.6. The summed E-state index contributed by atoms with van der Waals surface area (Å²) in [6.07, 6.45) is 3.63. The number of benzene rings is 5. The highest BCUT2D eigenvalue weighted by atomic mass is 15.1. The summed E-state index contributed by atoms with van der Waals surface area (Å²) in [6.45, 7) is 0. The summed E-state index contributed by atoms with van der Waals surface area (Å²) in [5.74, 6) is 1.73. The molecule has 226 valence electrons. The molecule has 0 amide bonds. The van der Waals surface area contributed by atoms with Gasteiger partial charge < -0.3 is 0 Å². The van der Waals surface area contributed by atoms with Crippen LogP contribution in [0, 0.1) is 0 Å². The van der Waals surface area contributed by atoms with E-state index in [1.54, 1.807) is 0 Å². The third kappa shape index (κ3) is 4.84. The van der Waals surface area contributed by atoms with Crippen LogP contribution in [0.1, 0.15) is 0 Å². The average Bonchev–Trinajstić information content (AvgIpc) is 3.75. The number of pyridine rings is 2. The average molecular weight is 617 g/mol. The molecule has 0 aliphatic carbocycles. The first-order valence-corrected chi connectivity index (χ1v) is 15.9. The first-order chi connectivity index (χ1) is 23.8. The summed E-state index contributed by atoms with van der Waals surface area (Å²) in [5, 5.41) is 0. The Kier molecular flexibility index (Phi) is 6.68. The molecule has 0 bridgehead atoms. The fraction of sp³-hybridized carbons (Fsp3) is 0. The van der Waals surface area contributed by atoms with Crippen molar-refractivity contribution < 1.29 is 0 Å². The fourth-order valence-corrected chi connectivity index (χ4v) is 6.39. The molecule has 9 rings (SSSR count). The lowest BCUT2D eigenvalue weighted by atomic mass is 9.98. The Labute approximate surface area is 277 Å². The zero-order valence-electron chi connectivity index (χ0n) is 25.8. The van der Waals surface area contributed by atoms with E-state index in [1.807, 2.05) is 73.1 Å². The SMILES string of the molecule is c1ccc(-n2c(-c3cccc(-c4ccc(-c5cccc(-c6nc7cccnc7n6-c6ccccc6)c5)cc4)c3)nc3cccnc32)cc1. The first kappa shape index (κ1) is 27.6. The van der Waals surface area contributed by atoms with E-state index in [0.29, 0.717) is 0 Å². The van der Waals surface area contributed by atoms with Gasteiger partial charge in [0.05, 0.1) is 0 Å². The Morgan fingerprint density at radius 3 is 1.19 bits per heavy atom. The van der Waals surface area contributed by atoms with Crippen LogP contribution in [0.15, 0.2) is 170 Å². The Bertz CT molecular complexity index is 2370. The number of para-hydroxylation sites is 2. The van der Waals surface area contributed by atoms with Crippen LogP contribution >= 0.6 is 0 Å². The largest absolute Gasteiger partial charge is 0.277 e. The lowest BCUT2D eigenvalue weighted by molar-refractivity contribution is 1.08. The molecule has 6 nitrogen and oxygen atoms in total. The third-order valence-electron chi connectivity index (χ3n) is 8.65. The Balaban J connectivity index is 1.07. The molecule has 4 aromatic heterocycles. The van der Waals surface area contributed by atoms with E-state index in [0.717, 1.165) is 78.7 Å². The minimum atomic E-state index is 0.839. The van der Waals surface area contributed by atoms with E-state index in [4.69, 9.17) is 9.97 Å². The quantitative estimate of drug-likeness (QED) is 0.187. The molecule has 0 radical (unpaired) electrons. The van der Waals surface area contributed by atoms with E-state index in [9.17, 15) is 0 Å². The van der Waals surface area contributed by atoms with Gasteiger partial charge in [0.1, 0.15) is 22.7 Å². The maximum atomic E-state index is 5.01. The van der Waals surface area contributed by atoms with E-state index >= 15 is 0 Å². The molecule has 0 aliphatic heterocycles. The highest BCUT2D eigenvalue weighted by molar-refractivity contribution is 5.83. The lowest BCUT2D eigenvalue weighted by Crippen LogP contribution is -1.98. The lowest BCUT2D eigenvalue weighted by Gasteiger charge is -2.11. The van der Waals surface area contributed by atoms with Gasteiger partial charge in [-0.3, -0.25) is 9.13 Å². The molecule has 0 saturated carbocycles. The van der Waals surface area contributed by atoms with Crippen molar-refractivity contribution >= 4 is 22.3 Å². The summed E-state index contributed by atoms with van der Waals surface area (Å²) < 4.78 is 4.26.